The minimum absolute atomic E-state index is 0.289. The molecule has 1 N–H and O–H groups in total. The molecule has 0 bridgehead atoms. The zero-order valence-corrected chi connectivity index (χ0v) is 15.1. The van der Waals surface area contributed by atoms with Gasteiger partial charge in [-0.15, -0.1) is 0 Å². The molecule has 0 aliphatic carbocycles. The second-order valence-electron chi connectivity index (χ2n) is 5.93. The van der Waals surface area contributed by atoms with Gasteiger partial charge in [0.2, 0.25) is 10.0 Å². The summed E-state index contributed by atoms with van der Waals surface area (Å²) >= 11 is 0. The highest BCUT2D eigenvalue weighted by Gasteiger charge is 2.13. The van der Waals surface area contributed by atoms with E-state index in [-0.39, 0.29) is 6.04 Å². The first-order chi connectivity index (χ1) is 11.3. The molecule has 6 heteroatoms. The van der Waals surface area contributed by atoms with E-state index in [9.17, 15) is 8.42 Å². The van der Waals surface area contributed by atoms with Gasteiger partial charge in [-0.1, -0.05) is 30.3 Å². The number of nitrogens with one attached hydrogen (secondary N) is 1. The van der Waals surface area contributed by atoms with Crippen molar-refractivity contribution in [1.29, 1.82) is 0 Å². The van der Waals surface area contributed by atoms with Crippen molar-refractivity contribution in [2.24, 2.45) is 0 Å². The van der Waals surface area contributed by atoms with Crippen molar-refractivity contribution in [2.45, 2.75) is 12.5 Å². The smallest absolute Gasteiger partial charge is 0.229 e. The average molecular weight is 348 g/mol. The van der Waals surface area contributed by atoms with Gasteiger partial charge in [0.05, 0.1) is 12.9 Å². The third-order valence-corrected chi connectivity index (χ3v) is 4.23. The van der Waals surface area contributed by atoms with Gasteiger partial charge in [-0.25, -0.2) is 8.42 Å². The van der Waals surface area contributed by atoms with E-state index in [4.69, 9.17) is 4.74 Å². The van der Waals surface area contributed by atoms with Crippen LogP contribution in [0, 0.1) is 0 Å². The molecule has 2 rings (SSSR count). The Morgan fingerprint density at radius 3 is 2.21 bits per heavy atom. The number of nitrogens with zero attached hydrogens (tertiary/aromatic N) is 1. The molecule has 0 spiro atoms. The third kappa shape index (κ3) is 5.86. The molecular formula is C18H24N2O3S. The number of sulfonamides is 1. The first-order valence-electron chi connectivity index (χ1n) is 7.77. The second kappa shape index (κ2) is 8.17. The lowest BCUT2D eigenvalue weighted by molar-refractivity contribution is 0.223. The second-order valence-corrected chi connectivity index (χ2v) is 7.67. The number of rotatable bonds is 8. The SMILES string of the molecule is CN(C)C(CCOc1ccc(NS(C)(=O)=O)cc1)c1ccccc1. The van der Waals surface area contributed by atoms with E-state index in [1.54, 1.807) is 24.3 Å². The van der Waals surface area contributed by atoms with Crippen LogP contribution in [-0.4, -0.2) is 40.3 Å². The summed E-state index contributed by atoms with van der Waals surface area (Å²) in [5.41, 5.74) is 1.79. The Kier molecular flexibility index (Phi) is 6.23. The van der Waals surface area contributed by atoms with E-state index in [0.717, 1.165) is 18.4 Å². The number of ether oxygens (including phenoxy) is 1. The van der Waals surface area contributed by atoms with E-state index < -0.39 is 10.0 Å². The van der Waals surface area contributed by atoms with E-state index in [1.807, 2.05) is 18.2 Å². The Morgan fingerprint density at radius 2 is 1.67 bits per heavy atom. The monoisotopic (exact) mass is 348 g/mol. The number of anilines is 1. The molecule has 1 unspecified atom stereocenters. The van der Waals surface area contributed by atoms with E-state index in [1.165, 1.54) is 5.56 Å². The molecule has 0 heterocycles. The highest BCUT2D eigenvalue weighted by Crippen LogP contribution is 2.23. The third-order valence-electron chi connectivity index (χ3n) is 3.63. The molecule has 0 fully saturated rings. The van der Waals surface area contributed by atoms with Gasteiger partial charge < -0.3 is 9.64 Å². The average Bonchev–Trinajstić information content (AvgIpc) is 2.52. The number of benzene rings is 2. The minimum Gasteiger partial charge on any atom is -0.494 e. The maximum absolute atomic E-state index is 11.2. The van der Waals surface area contributed by atoms with Gasteiger partial charge in [0.1, 0.15) is 5.75 Å². The van der Waals surface area contributed by atoms with Crippen LogP contribution in [0.2, 0.25) is 0 Å². The van der Waals surface area contributed by atoms with Crippen LogP contribution in [0.1, 0.15) is 18.0 Å². The molecule has 0 aromatic heterocycles. The molecule has 0 radical (unpaired) electrons. The van der Waals surface area contributed by atoms with Gasteiger partial charge in [0.15, 0.2) is 0 Å². The number of hydrogen-bond donors (Lipinski definition) is 1. The zero-order chi connectivity index (χ0) is 17.6. The molecule has 0 aliphatic rings. The molecule has 0 saturated heterocycles. The van der Waals surface area contributed by atoms with Crippen LogP contribution in [0.25, 0.3) is 0 Å². The molecular weight excluding hydrogens is 324 g/mol. The molecule has 5 nitrogen and oxygen atoms in total. The number of hydrogen-bond acceptors (Lipinski definition) is 4. The Balaban J connectivity index is 1.90. The van der Waals surface area contributed by atoms with Crippen LogP contribution in [0.5, 0.6) is 5.75 Å². The van der Waals surface area contributed by atoms with Gasteiger partial charge >= 0.3 is 0 Å². The van der Waals surface area contributed by atoms with Crippen molar-refractivity contribution in [3.63, 3.8) is 0 Å². The summed E-state index contributed by atoms with van der Waals surface area (Å²) in [5, 5.41) is 0. The zero-order valence-electron chi connectivity index (χ0n) is 14.3. The quantitative estimate of drug-likeness (QED) is 0.796. The van der Waals surface area contributed by atoms with Crippen LogP contribution in [-0.2, 0) is 10.0 Å². The van der Waals surface area contributed by atoms with Crippen molar-refractivity contribution in [1.82, 2.24) is 4.90 Å². The molecule has 0 amide bonds. The molecule has 1 atom stereocenters. The molecule has 2 aromatic rings. The van der Waals surface area contributed by atoms with Crippen LogP contribution < -0.4 is 9.46 Å². The van der Waals surface area contributed by atoms with Crippen molar-refractivity contribution in [2.75, 3.05) is 31.7 Å². The van der Waals surface area contributed by atoms with Gasteiger partial charge in [0.25, 0.3) is 0 Å². The first kappa shape index (κ1) is 18.3. The van der Waals surface area contributed by atoms with E-state index in [2.05, 4.69) is 35.9 Å². The summed E-state index contributed by atoms with van der Waals surface area (Å²) in [6, 6.07) is 17.5. The summed E-state index contributed by atoms with van der Waals surface area (Å²) in [4.78, 5) is 2.18. The summed E-state index contributed by atoms with van der Waals surface area (Å²) in [6.07, 6.45) is 1.99. The van der Waals surface area contributed by atoms with Gasteiger partial charge in [-0.2, -0.15) is 0 Å². The van der Waals surface area contributed by atoms with Crippen molar-refractivity contribution < 1.29 is 13.2 Å². The Bertz CT molecular complexity index is 729. The first-order valence-corrected chi connectivity index (χ1v) is 9.66. The lowest BCUT2D eigenvalue weighted by Crippen LogP contribution is -2.22. The van der Waals surface area contributed by atoms with Crippen LogP contribution in [0.15, 0.2) is 54.6 Å². The summed E-state index contributed by atoms with van der Waals surface area (Å²) in [6.45, 7) is 0.580. The topological polar surface area (TPSA) is 58.6 Å². The fourth-order valence-electron chi connectivity index (χ4n) is 2.52. The van der Waals surface area contributed by atoms with Gasteiger partial charge in [-0.05, 0) is 43.9 Å². The Morgan fingerprint density at radius 1 is 1.04 bits per heavy atom. The Hall–Kier alpha value is -2.05. The van der Waals surface area contributed by atoms with Crippen LogP contribution in [0.3, 0.4) is 0 Å². The maximum atomic E-state index is 11.2. The molecule has 2 aromatic carbocycles. The van der Waals surface area contributed by atoms with Crippen LogP contribution >= 0.6 is 0 Å². The van der Waals surface area contributed by atoms with Crippen LogP contribution in [0.4, 0.5) is 5.69 Å². The molecule has 24 heavy (non-hydrogen) atoms. The fourth-order valence-corrected chi connectivity index (χ4v) is 3.08. The van der Waals surface area contributed by atoms with E-state index >= 15 is 0 Å². The minimum atomic E-state index is -3.25. The highest BCUT2D eigenvalue weighted by molar-refractivity contribution is 7.92. The Labute approximate surface area is 144 Å². The summed E-state index contributed by atoms with van der Waals surface area (Å²) < 4.78 is 30.6. The van der Waals surface area contributed by atoms with Gasteiger partial charge in [0, 0.05) is 18.2 Å². The summed E-state index contributed by atoms with van der Waals surface area (Å²) in [5.74, 6) is 0.722. The van der Waals surface area contributed by atoms with Gasteiger partial charge in [-0.3, -0.25) is 4.72 Å². The molecule has 0 saturated carbocycles. The molecule has 0 aliphatic heterocycles. The van der Waals surface area contributed by atoms with E-state index in [0.29, 0.717) is 12.3 Å². The molecule has 130 valence electrons. The van der Waals surface area contributed by atoms with Crippen molar-refractivity contribution in [3.05, 3.63) is 60.2 Å². The summed E-state index contributed by atoms with van der Waals surface area (Å²) in [7, 11) is 0.863. The maximum Gasteiger partial charge on any atom is 0.229 e. The normalized spacial score (nSPS) is 12.8. The van der Waals surface area contributed by atoms with Crippen molar-refractivity contribution >= 4 is 15.7 Å². The standard InChI is InChI=1S/C18H24N2O3S/c1-20(2)18(15-7-5-4-6-8-15)13-14-23-17-11-9-16(10-12-17)19-24(3,21)22/h4-12,18-19H,13-14H2,1-3H3. The fraction of sp³-hybridized carbons (Fsp3) is 0.333. The lowest BCUT2D eigenvalue weighted by atomic mass is 10.0. The lowest BCUT2D eigenvalue weighted by Gasteiger charge is -2.24. The predicted molar refractivity (Wildman–Crippen MR) is 97.9 cm³/mol. The predicted octanol–water partition coefficient (Wildman–Crippen LogP) is 3.13. The highest BCUT2D eigenvalue weighted by atomic mass is 32.2. The largest absolute Gasteiger partial charge is 0.494 e. The van der Waals surface area contributed by atoms with Crippen molar-refractivity contribution in [3.8, 4) is 5.75 Å².